The van der Waals surface area contributed by atoms with Crippen LogP contribution in [0.2, 0.25) is 0 Å². The van der Waals surface area contributed by atoms with E-state index in [1.54, 1.807) is 16.4 Å². The molecule has 4 rings (SSSR count). The van der Waals surface area contributed by atoms with Crippen LogP contribution in [0.5, 0.6) is 5.75 Å². The molecule has 1 amide bonds. The molecular weight excluding hydrogens is 460 g/mol. The van der Waals surface area contributed by atoms with Crippen molar-refractivity contribution >= 4 is 28.4 Å². The highest BCUT2D eigenvalue weighted by Gasteiger charge is 2.16. The minimum absolute atomic E-state index is 0.0272. The molecule has 4 aromatic rings. The van der Waals surface area contributed by atoms with Gasteiger partial charge in [0.1, 0.15) is 5.75 Å². The number of aromatic nitrogens is 4. The van der Waals surface area contributed by atoms with E-state index in [-0.39, 0.29) is 18.1 Å². The number of thioether (sulfide) groups is 1. The van der Waals surface area contributed by atoms with Gasteiger partial charge in [0.2, 0.25) is 5.16 Å². The average molecular weight is 491 g/mol. The van der Waals surface area contributed by atoms with Crippen molar-refractivity contribution in [2.45, 2.75) is 38.0 Å². The Morgan fingerprint density at radius 3 is 2.60 bits per heavy atom. The first-order valence-electron chi connectivity index (χ1n) is 11.5. The van der Waals surface area contributed by atoms with Gasteiger partial charge < -0.3 is 15.4 Å². The summed E-state index contributed by atoms with van der Waals surface area (Å²) in [5, 5.41) is 21.5. The number of rotatable bonds is 10. The van der Waals surface area contributed by atoms with E-state index >= 15 is 0 Å². The molecule has 0 spiro atoms. The van der Waals surface area contributed by atoms with E-state index in [1.807, 2.05) is 75.4 Å². The quantitative estimate of drug-likeness (QED) is 0.256. The number of para-hydroxylation sites is 1. The summed E-state index contributed by atoms with van der Waals surface area (Å²) in [6.07, 6.45) is 0. The van der Waals surface area contributed by atoms with Gasteiger partial charge in [0.15, 0.2) is 6.61 Å². The number of fused-ring (bicyclic) bond motifs is 1. The summed E-state index contributed by atoms with van der Waals surface area (Å²) < 4.78 is 7.69. The minimum atomic E-state index is -0.299. The Labute approximate surface area is 209 Å². The molecule has 35 heavy (non-hydrogen) atoms. The van der Waals surface area contributed by atoms with E-state index in [1.165, 1.54) is 0 Å². The van der Waals surface area contributed by atoms with Crippen LogP contribution in [0.1, 0.15) is 26.3 Å². The minimum Gasteiger partial charge on any atom is -0.483 e. The molecule has 0 aliphatic rings. The van der Waals surface area contributed by atoms with Gasteiger partial charge in [-0.25, -0.2) is 0 Å². The van der Waals surface area contributed by atoms with Crippen LogP contribution in [-0.4, -0.2) is 50.6 Å². The fraction of sp³-hybridized carbons (Fsp3) is 0.308. The second-order valence-corrected chi connectivity index (χ2v) is 10.1. The standard InChI is InChI=1S/C26H30N6O2S/c1-26(2,3)28-24(33)18-34-23-14-13-19-9-7-8-12-21(19)22(23)17-27-15-16-35-25-29-30-31-32(25)20-10-5-4-6-11-20/h4-14,27H,15-18H2,1-3H3,(H,28,33). The lowest BCUT2D eigenvalue weighted by Crippen LogP contribution is -2.43. The third-order valence-electron chi connectivity index (χ3n) is 5.12. The highest BCUT2D eigenvalue weighted by Crippen LogP contribution is 2.28. The molecule has 2 N–H and O–H groups in total. The van der Waals surface area contributed by atoms with Crippen LogP contribution in [-0.2, 0) is 11.3 Å². The molecule has 0 unspecified atom stereocenters. The van der Waals surface area contributed by atoms with Gasteiger partial charge in [0, 0.05) is 29.9 Å². The predicted molar refractivity (Wildman–Crippen MR) is 139 cm³/mol. The van der Waals surface area contributed by atoms with Crippen LogP contribution in [0.25, 0.3) is 16.5 Å². The number of tetrazole rings is 1. The highest BCUT2D eigenvalue weighted by molar-refractivity contribution is 7.99. The molecule has 0 radical (unpaired) electrons. The first kappa shape index (κ1) is 24.7. The van der Waals surface area contributed by atoms with Gasteiger partial charge in [-0.15, -0.1) is 5.10 Å². The Morgan fingerprint density at radius 2 is 1.80 bits per heavy atom. The number of carbonyl (C=O) groups is 1. The molecule has 0 atom stereocenters. The largest absolute Gasteiger partial charge is 0.483 e. The van der Waals surface area contributed by atoms with Gasteiger partial charge in [-0.2, -0.15) is 4.68 Å². The lowest BCUT2D eigenvalue weighted by Gasteiger charge is -2.21. The predicted octanol–water partition coefficient (Wildman–Crippen LogP) is 3.99. The number of hydrogen-bond acceptors (Lipinski definition) is 7. The number of hydrogen-bond donors (Lipinski definition) is 2. The first-order chi connectivity index (χ1) is 16.9. The summed E-state index contributed by atoms with van der Waals surface area (Å²) in [5.74, 6) is 1.36. The molecule has 3 aromatic carbocycles. The van der Waals surface area contributed by atoms with E-state index in [0.29, 0.717) is 12.3 Å². The number of benzene rings is 3. The average Bonchev–Trinajstić information content (AvgIpc) is 3.31. The van der Waals surface area contributed by atoms with Crippen LogP contribution in [0.3, 0.4) is 0 Å². The Balaban J connectivity index is 1.37. The Hall–Kier alpha value is -3.43. The summed E-state index contributed by atoms with van der Waals surface area (Å²) in [6, 6.07) is 22.0. The van der Waals surface area contributed by atoms with E-state index in [9.17, 15) is 4.79 Å². The van der Waals surface area contributed by atoms with Crippen molar-refractivity contribution in [1.29, 1.82) is 0 Å². The van der Waals surface area contributed by atoms with Crippen molar-refractivity contribution < 1.29 is 9.53 Å². The molecule has 0 saturated heterocycles. The van der Waals surface area contributed by atoms with Crippen LogP contribution >= 0.6 is 11.8 Å². The molecule has 0 aliphatic heterocycles. The first-order valence-corrected chi connectivity index (χ1v) is 12.5. The lowest BCUT2D eigenvalue weighted by molar-refractivity contribution is -0.124. The Bertz CT molecular complexity index is 1270. The molecule has 0 aliphatic carbocycles. The zero-order valence-corrected chi connectivity index (χ0v) is 21.0. The van der Waals surface area contributed by atoms with E-state index in [4.69, 9.17) is 4.74 Å². The summed E-state index contributed by atoms with van der Waals surface area (Å²) in [4.78, 5) is 12.3. The molecule has 0 fully saturated rings. The maximum atomic E-state index is 12.3. The normalized spacial score (nSPS) is 11.5. The van der Waals surface area contributed by atoms with Crippen molar-refractivity contribution in [3.8, 4) is 11.4 Å². The summed E-state index contributed by atoms with van der Waals surface area (Å²) in [5.41, 5.74) is 1.67. The number of nitrogens with one attached hydrogen (secondary N) is 2. The fourth-order valence-electron chi connectivity index (χ4n) is 3.66. The van der Waals surface area contributed by atoms with Crippen molar-refractivity contribution in [3.63, 3.8) is 0 Å². The van der Waals surface area contributed by atoms with Gasteiger partial charge in [-0.05, 0) is 60.2 Å². The number of amides is 1. The van der Waals surface area contributed by atoms with Crippen molar-refractivity contribution in [3.05, 3.63) is 72.3 Å². The van der Waals surface area contributed by atoms with Crippen molar-refractivity contribution in [2.24, 2.45) is 0 Å². The third-order valence-corrected chi connectivity index (χ3v) is 6.05. The van der Waals surface area contributed by atoms with Crippen molar-refractivity contribution in [1.82, 2.24) is 30.8 Å². The van der Waals surface area contributed by atoms with Crippen LogP contribution in [0.15, 0.2) is 71.9 Å². The van der Waals surface area contributed by atoms with Gasteiger partial charge in [0.25, 0.3) is 5.91 Å². The maximum Gasteiger partial charge on any atom is 0.258 e. The SMILES string of the molecule is CC(C)(C)NC(=O)COc1ccc2ccccc2c1CNCCSc1nnnn1-c1ccccc1. The number of ether oxygens (including phenoxy) is 1. The van der Waals surface area contributed by atoms with E-state index in [0.717, 1.165) is 39.5 Å². The van der Waals surface area contributed by atoms with Gasteiger partial charge in [-0.3, -0.25) is 4.79 Å². The molecule has 0 bridgehead atoms. The second kappa shape index (κ2) is 11.3. The molecule has 0 saturated carbocycles. The Kier molecular flexibility index (Phi) is 7.99. The third kappa shape index (κ3) is 6.80. The Morgan fingerprint density at radius 1 is 1.03 bits per heavy atom. The van der Waals surface area contributed by atoms with Crippen molar-refractivity contribution in [2.75, 3.05) is 18.9 Å². The summed E-state index contributed by atoms with van der Waals surface area (Å²) in [6.45, 7) is 7.19. The molecule has 1 aromatic heterocycles. The fourth-order valence-corrected chi connectivity index (χ4v) is 4.45. The van der Waals surface area contributed by atoms with Crippen LogP contribution < -0.4 is 15.4 Å². The second-order valence-electron chi connectivity index (χ2n) is 9.08. The summed E-state index contributed by atoms with van der Waals surface area (Å²) >= 11 is 1.59. The maximum absolute atomic E-state index is 12.3. The zero-order valence-electron chi connectivity index (χ0n) is 20.2. The van der Waals surface area contributed by atoms with Gasteiger partial charge in [0.05, 0.1) is 5.69 Å². The van der Waals surface area contributed by atoms with E-state index < -0.39 is 0 Å². The smallest absolute Gasteiger partial charge is 0.258 e. The topological polar surface area (TPSA) is 94.0 Å². The highest BCUT2D eigenvalue weighted by atomic mass is 32.2. The lowest BCUT2D eigenvalue weighted by atomic mass is 10.0. The summed E-state index contributed by atoms with van der Waals surface area (Å²) in [7, 11) is 0. The number of carbonyl (C=O) groups excluding carboxylic acids is 1. The van der Waals surface area contributed by atoms with Gasteiger partial charge in [-0.1, -0.05) is 60.3 Å². The van der Waals surface area contributed by atoms with Crippen LogP contribution in [0, 0.1) is 0 Å². The van der Waals surface area contributed by atoms with Gasteiger partial charge >= 0.3 is 0 Å². The monoisotopic (exact) mass is 490 g/mol. The molecular formula is C26H30N6O2S. The molecule has 8 nitrogen and oxygen atoms in total. The molecule has 182 valence electrons. The number of nitrogens with zero attached hydrogens (tertiary/aromatic N) is 4. The molecule has 9 heteroatoms. The molecule has 1 heterocycles. The van der Waals surface area contributed by atoms with E-state index in [2.05, 4.69) is 38.3 Å². The van der Waals surface area contributed by atoms with Crippen LogP contribution in [0.4, 0.5) is 0 Å². The zero-order chi connectivity index (χ0) is 24.7.